The number of aromatic nitrogens is 2. The van der Waals surface area contributed by atoms with E-state index in [-0.39, 0.29) is 17.8 Å². The fourth-order valence-corrected chi connectivity index (χ4v) is 2.82. The van der Waals surface area contributed by atoms with Crippen molar-refractivity contribution < 1.29 is 9.18 Å². The number of nitrogens with one attached hydrogen (secondary N) is 2. The molecule has 6 heteroatoms. The van der Waals surface area contributed by atoms with Crippen molar-refractivity contribution in [2.45, 2.75) is 13.0 Å². The zero-order valence-corrected chi connectivity index (χ0v) is 12.7. The molecule has 112 valence electrons. The lowest BCUT2D eigenvalue weighted by Crippen LogP contribution is -2.26. The van der Waals surface area contributed by atoms with Crippen molar-refractivity contribution in [3.05, 3.63) is 64.2 Å². The SMILES string of the molecule is CC(NC(=O)c1cc(-c2ccc(F)cc2)n[nH]1)c1cccs1. The van der Waals surface area contributed by atoms with Gasteiger partial charge in [0, 0.05) is 10.4 Å². The monoisotopic (exact) mass is 315 g/mol. The van der Waals surface area contributed by atoms with Crippen LogP contribution in [0, 0.1) is 5.82 Å². The van der Waals surface area contributed by atoms with Gasteiger partial charge in [0.15, 0.2) is 0 Å². The Balaban J connectivity index is 1.73. The van der Waals surface area contributed by atoms with Crippen LogP contribution in [0.2, 0.25) is 0 Å². The van der Waals surface area contributed by atoms with Crippen molar-refractivity contribution in [1.29, 1.82) is 0 Å². The maximum atomic E-state index is 12.9. The summed E-state index contributed by atoms with van der Waals surface area (Å²) in [7, 11) is 0. The number of hydrogen-bond donors (Lipinski definition) is 2. The molecule has 0 spiro atoms. The van der Waals surface area contributed by atoms with Gasteiger partial charge in [-0.1, -0.05) is 6.07 Å². The Morgan fingerprint density at radius 3 is 2.77 bits per heavy atom. The minimum absolute atomic E-state index is 0.0647. The van der Waals surface area contributed by atoms with E-state index in [0.29, 0.717) is 11.4 Å². The Bertz CT molecular complexity index is 765. The molecule has 0 saturated heterocycles. The van der Waals surface area contributed by atoms with Crippen LogP contribution in [-0.2, 0) is 0 Å². The van der Waals surface area contributed by atoms with Gasteiger partial charge in [-0.2, -0.15) is 5.10 Å². The smallest absolute Gasteiger partial charge is 0.269 e. The van der Waals surface area contributed by atoms with Gasteiger partial charge in [-0.3, -0.25) is 9.89 Å². The van der Waals surface area contributed by atoms with E-state index in [9.17, 15) is 9.18 Å². The summed E-state index contributed by atoms with van der Waals surface area (Å²) >= 11 is 1.60. The van der Waals surface area contributed by atoms with Crippen LogP contribution in [-0.4, -0.2) is 16.1 Å². The van der Waals surface area contributed by atoms with Gasteiger partial charge in [-0.15, -0.1) is 11.3 Å². The number of carbonyl (C=O) groups excluding carboxylic acids is 1. The molecule has 0 aliphatic carbocycles. The standard InChI is InChI=1S/C16H14FN3OS/c1-10(15-3-2-8-22-15)18-16(21)14-9-13(19-20-14)11-4-6-12(17)7-5-11/h2-10H,1H3,(H,18,21)(H,19,20). The molecule has 4 nitrogen and oxygen atoms in total. The second-order valence-corrected chi connectivity index (χ2v) is 5.86. The summed E-state index contributed by atoms with van der Waals surface area (Å²) in [6.07, 6.45) is 0. The molecule has 0 saturated carbocycles. The number of hydrogen-bond acceptors (Lipinski definition) is 3. The number of benzene rings is 1. The third-order valence-electron chi connectivity index (χ3n) is 3.28. The van der Waals surface area contributed by atoms with E-state index < -0.39 is 0 Å². The summed E-state index contributed by atoms with van der Waals surface area (Å²) in [5.41, 5.74) is 1.74. The van der Waals surface area contributed by atoms with Crippen LogP contribution in [0.5, 0.6) is 0 Å². The minimum Gasteiger partial charge on any atom is -0.343 e. The number of nitrogens with zero attached hydrogens (tertiary/aromatic N) is 1. The predicted octanol–water partition coefficient (Wildman–Crippen LogP) is 3.77. The van der Waals surface area contributed by atoms with Crippen LogP contribution >= 0.6 is 11.3 Å². The molecule has 0 aliphatic rings. The fourth-order valence-electron chi connectivity index (χ4n) is 2.09. The molecule has 2 heterocycles. The molecular weight excluding hydrogens is 301 g/mol. The molecule has 3 aromatic rings. The van der Waals surface area contributed by atoms with Crippen LogP contribution in [0.15, 0.2) is 47.8 Å². The lowest BCUT2D eigenvalue weighted by Gasteiger charge is -2.10. The fraction of sp³-hybridized carbons (Fsp3) is 0.125. The Morgan fingerprint density at radius 2 is 2.09 bits per heavy atom. The second kappa shape index (κ2) is 6.11. The third kappa shape index (κ3) is 3.07. The highest BCUT2D eigenvalue weighted by Gasteiger charge is 2.15. The molecule has 0 radical (unpaired) electrons. The molecule has 1 amide bonds. The molecule has 0 fully saturated rings. The number of H-pyrrole nitrogens is 1. The number of aromatic amines is 1. The molecule has 1 aromatic carbocycles. The average molecular weight is 315 g/mol. The molecule has 3 rings (SSSR count). The lowest BCUT2D eigenvalue weighted by atomic mass is 10.1. The molecule has 2 aromatic heterocycles. The maximum Gasteiger partial charge on any atom is 0.269 e. The predicted molar refractivity (Wildman–Crippen MR) is 84.2 cm³/mol. The molecule has 0 aliphatic heterocycles. The van der Waals surface area contributed by atoms with Crippen molar-refractivity contribution >= 4 is 17.2 Å². The van der Waals surface area contributed by atoms with Crippen molar-refractivity contribution in [1.82, 2.24) is 15.5 Å². The highest BCUT2D eigenvalue weighted by Crippen LogP contribution is 2.20. The lowest BCUT2D eigenvalue weighted by molar-refractivity contribution is 0.0935. The zero-order valence-electron chi connectivity index (χ0n) is 11.8. The minimum atomic E-state index is -0.304. The Labute approximate surface area is 131 Å². The number of carbonyl (C=O) groups is 1. The van der Waals surface area contributed by atoms with Gasteiger partial charge in [0.2, 0.25) is 0 Å². The molecule has 0 bridgehead atoms. The summed E-state index contributed by atoms with van der Waals surface area (Å²) in [5, 5.41) is 11.7. The van der Waals surface area contributed by atoms with Gasteiger partial charge in [-0.05, 0) is 48.7 Å². The summed E-state index contributed by atoms with van der Waals surface area (Å²) in [6.45, 7) is 1.93. The van der Waals surface area contributed by atoms with Crippen LogP contribution in [0.25, 0.3) is 11.3 Å². The van der Waals surface area contributed by atoms with Crippen LogP contribution in [0.3, 0.4) is 0 Å². The summed E-state index contributed by atoms with van der Waals surface area (Å²) in [5.74, 6) is -0.524. The molecule has 1 atom stereocenters. The van der Waals surface area contributed by atoms with Gasteiger partial charge in [0.05, 0.1) is 11.7 Å². The molecule has 22 heavy (non-hydrogen) atoms. The van der Waals surface area contributed by atoms with Crippen molar-refractivity contribution in [3.8, 4) is 11.3 Å². The molecular formula is C16H14FN3OS. The number of halogens is 1. The van der Waals surface area contributed by atoms with Gasteiger partial charge >= 0.3 is 0 Å². The normalized spacial score (nSPS) is 12.1. The maximum absolute atomic E-state index is 12.9. The van der Waals surface area contributed by atoms with E-state index in [4.69, 9.17) is 0 Å². The summed E-state index contributed by atoms with van der Waals surface area (Å²) in [6, 6.07) is 11.5. The third-order valence-corrected chi connectivity index (χ3v) is 4.34. The van der Waals surface area contributed by atoms with Gasteiger partial charge in [-0.25, -0.2) is 4.39 Å². The van der Waals surface area contributed by atoms with Gasteiger partial charge in [0.25, 0.3) is 5.91 Å². The first-order valence-electron chi connectivity index (χ1n) is 6.79. The first-order valence-corrected chi connectivity index (χ1v) is 7.67. The summed E-state index contributed by atoms with van der Waals surface area (Å²) in [4.78, 5) is 13.3. The average Bonchev–Trinajstić information content (AvgIpc) is 3.20. The van der Waals surface area contributed by atoms with E-state index in [1.54, 1.807) is 29.5 Å². The Morgan fingerprint density at radius 1 is 1.32 bits per heavy atom. The van der Waals surface area contributed by atoms with Crippen molar-refractivity contribution in [2.24, 2.45) is 0 Å². The van der Waals surface area contributed by atoms with Crippen LogP contribution in [0.4, 0.5) is 4.39 Å². The highest BCUT2D eigenvalue weighted by molar-refractivity contribution is 7.10. The first kappa shape index (κ1) is 14.5. The van der Waals surface area contributed by atoms with E-state index >= 15 is 0 Å². The number of amides is 1. The Kier molecular flexibility index (Phi) is 4.02. The quantitative estimate of drug-likeness (QED) is 0.770. The van der Waals surface area contributed by atoms with Gasteiger partial charge < -0.3 is 5.32 Å². The van der Waals surface area contributed by atoms with Gasteiger partial charge in [0.1, 0.15) is 11.5 Å². The number of thiophene rings is 1. The zero-order chi connectivity index (χ0) is 15.5. The first-order chi connectivity index (χ1) is 10.6. The largest absolute Gasteiger partial charge is 0.343 e. The summed E-state index contributed by atoms with van der Waals surface area (Å²) < 4.78 is 12.9. The topological polar surface area (TPSA) is 57.8 Å². The van der Waals surface area contributed by atoms with E-state index in [1.807, 2.05) is 24.4 Å². The van der Waals surface area contributed by atoms with Crippen molar-refractivity contribution in [3.63, 3.8) is 0 Å². The second-order valence-electron chi connectivity index (χ2n) is 4.88. The van der Waals surface area contributed by atoms with E-state index in [0.717, 1.165) is 10.4 Å². The Hall–Kier alpha value is -2.47. The van der Waals surface area contributed by atoms with E-state index in [2.05, 4.69) is 15.5 Å². The molecule has 1 unspecified atom stereocenters. The van der Waals surface area contributed by atoms with E-state index in [1.165, 1.54) is 12.1 Å². The molecule has 2 N–H and O–H groups in total. The van der Waals surface area contributed by atoms with Crippen LogP contribution in [0.1, 0.15) is 28.3 Å². The van der Waals surface area contributed by atoms with Crippen molar-refractivity contribution in [2.75, 3.05) is 0 Å². The number of rotatable bonds is 4. The van der Waals surface area contributed by atoms with Crippen LogP contribution < -0.4 is 5.32 Å². The highest BCUT2D eigenvalue weighted by atomic mass is 32.1.